The van der Waals surface area contributed by atoms with Gasteiger partial charge in [0, 0.05) is 31.4 Å². The third-order valence-electron chi connectivity index (χ3n) is 5.33. The monoisotopic (exact) mass is 452 g/mol. The van der Waals surface area contributed by atoms with Crippen LogP contribution >= 0.6 is 36.2 Å². The number of piperidine rings is 1. The Morgan fingerprint density at radius 2 is 2.11 bits per heavy atom. The number of anilines is 1. The van der Waals surface area contributed by atoms with Crippen LogP contribution in [0.1, 0.15) is 45.7 Å². The minimum atomic E-state index is 0. The van der Waals surface area contributed by atoms with E-state index in [0.717, 1.165) is 38.4 Å². The predicted octanol–water partition coefficient (Wildman–Crippen LogP) is 3.56. The number of ether oxygens (including phenoxy) is 1. The van der Waals surface area contributed by atoms with Gasteiger partial charge in [-0.3, -0.25) is 9.69 Å². The molecule has 0 bridgehead atoms. The van der Waals surface area contributed by atoms with E-state index in [4.69, 9.17) is 4.74 Å². The first-order chi connectivity index (χ1) is 12.5. The number of carbonyl (C=O) groups is 1. The quantitative estimate of drug-likeness (QED) is 0.690. The summed E-state index contributed by atoms with van der Waals surface area (Å²) < 4.78 is 5.78. The number of morpholine rings is 1. The Morgan fingerprint density at radius 3 is 2.75 bits per heavy atom. The highest BCUT2D eigenvalue weighted by atomic mass is 35.5. The second-order valence-corrected chi connectivity index (χ2v) is 8.79. The van der Waals surface area contributed by atoms with Crippen LogP contribution in [0.2, 0.25) is 0 Å². The van der Waals surface area contributed by atoms with Gasteiger partial charge in [-0.1, -0.05) is 6.92 Å². The van der Waals surface area contributed by atoms with Crippen LogP contribution in [0.4, 0.5) is 5.13 Å². The Morgan fingerprint density at radius 1 is 1.39 bits per heavy atom. The lowest BCUT2D eigenvalue weighted by Gasteiger charge is -2.34. The number of amides is 1. The minimum Gasteiger partial charge on any atom is -0.373 e. The second kappa shape index (κ2) is 12.3. The molecule has 1 aromatic heterocycles. The average molecular weight is 453 g/mol. The van der Waals surface area contributed by atoms with Crippen molar-refractivity contribution in [1.29, 1.82) is 0 Å². The van der Waals surface area contributed by atoms with E-state index in [0.29, 0.717) is 23.4 Å². The number of halogens is 2. The van der Waals surface area contributed by atoms with Crippen molar-refractivity contribution in [1.82, 2.24) is 15.2 Å². The summed E-state index contributed by atoms with van der Waals surface area (Å²) in [6.45, 7) is 11.2. The van der Waals surface area contributed by atoms with Crippen molar-refractivity contribution in [2.45, 2.75) is 58.8 Å². The zero-order chi connectivity index (χ0) is 18.5. The molecule has 4 unspecified atom stereocenters. The van der Waals surface area contributed by atoms with E-state index in [-0.39, 0.29) is 42.9 Å². The first kappa shape index (κ1) is 25.6. The Balaban J connectivity index is 0.00000196. The molecule has 2 fully saturated rings. The first-order valence-corrected chi connectivity index (χ1v) is 10.7. The van der Waals surface area contributed by atoms with Crippen LogP contribution in [-0.4, -0.2) is 54.2 Å². The van der Waals surface area contributed by atoms with Crippen molar-refractivity contribution in [3.8, 4) is 0 Å². The zero-order valence-electron chi connectivity index (χ0n) is 17.0. The van der Waals surface area contributed by atoms with E-state index in [9.17, 15) is 4.79 Å². The van der Waals surface area contributed by atoms with E-state index in [1.165, 1.54) is 24.2 Å². The Hall–Kier alpha value is -0.440. The van der Waals surface area contributed by atoms with Crippen LogP contribution in [0.15, 0.2) is 5.38 Å². The van der Waals surface area contributed by atoms with Crippen molar-refractivity contribution < 1.29 is 9.53 Å². The highest BCUT2D eigenvalue weighted by Gasteiger charge is 2.24. The highest BCUT2D eigenvalue weighted by molar-refractivity contribution is 7.13. The number of aromatic nitrogens is 1. The van der Waals surface area contributed by atoms with Crippen molar-refractivity contribution >= 4 is 47.2 Å². The fourth-order valence-electron chi connectivity index (χ4n) is 4.07. The van der Waals surface area contributed by atoms with Gasteiger partial charge in [-0.15, -0.1) is 36.2 Å². The van der Waals surface area contributed by atoms with Gasteiger partial charge >= 0.3 is 0 Å². The SMILES string of the molecule is CC1CN(Cc2csc(NC(=O)CC(C)C3CCCNC3)n2)CC(C)O1.Cl.Cl. The smallest absolute Gasteiger partial charge is 0.226 e. The Labute approximate surface area is 185 Å². The molecule has 162 valence electrons. The summed E-state index contributed by atoms with van der Waals surface area (Å²) in [6, 6.07) is 0. The molecule has 2 N–H and O–H groups in total. The molecule has 2 aliphatic rings. The van der Waals surface area contributed by atoms with Crippen LogP contribution < -0.4 is 10.6 Å². The van der Waals surface area contributed by atoms with Gasteiger partial charge < -0.3 is 15.4 Å². The first-order valence-electron chi connectivity index (χ1n) is 9.82. The van der Waals surface area contributed by atoms with E-state index in [2.05, 4.69) is 46.7 Å². The van der Waals surface area contributed by atoms with Gasteiger partial charge in [-0.05, 0) is 51.6 Å². The predicted molar refractivity (Wildman–Crippen MR) is 120 cm³/mol. The molecule has 0 radical (unpaired) electrons. The number of nitrogens with zero attached hydrogens (tertiary/aromatic N) is 2. The lowest BCUT2D eigenvalue weighted by molar-refractivity contribution is -0.117. The molecule has 2 aliphatic heterocycles. The van der Waals surface area contributed by atoms with Crippen molar-refractivity contribution in [3.63, 3.8) is 0 Å². The van der Waals surface area contributed by atoms with Gasteiger partial charge in [-0.2, -0.15) is 0 Å². The molecule has 4 atom stereocenters. The third kappa shape index (κ3) is 7.76. The summed E-state index contributed by atoms with van der Waals surface area (Å²) in [7, 11) is 0. The number of hydrogen-bond acceptors (Lipinski definition) is 6. The fraction of sp³-hybridized carbons (Fsp3) is 0.789. The third-order valence-corrected chi connectivity index (χ3v) is 6.13. The second-order valence-electron chi connectivity index (χ2n) is 7.93. The van der Waals surface area contributed by atoms with Crippen LogP contribution in [0, 0.1) is 11.8 Å². The number of nitrogens with one attached hydrogen (secondary N) is 2. The van der Waals surface area contributed by atoms with Crippen LogP contribution in [0.5, 0.6) is 0 Å². The van der Waals surface area contributed by atoms with E-state index in [1.807, 2.05) is 0 Å². The maximum atomic E-state index is 12.4. The molecule has 1 amide bonds. The lowest BCUT2D eigenvalue weighted by Crippen LogP contribution is -2.44. The topological polar surface area (TPSA) is 66.5 Å². The molecule has 2 saturated heterocycles. The zero-order valence-corrected chi connectivity index (χ0v) is 19.4. The molecule has 1 aromatic rings. The standard InChI is InChI=1S/C19H32N4O2S.2ClH/c1-13(16-5-4-6-20-8-16)7-18(24)22-19-21-17(12-26-19)11-23-9-14(2)25-15(3)10-23;;/h12-16,20H,4-11H2,1-3H3,(H,21,22,24);2*1H. The van der Waals surface area contributed by atoms with Crippen LogP contribution in [0.3, 0.4) is 0 Å². The fourth-order valence-corrected chi connectivity index (χ4v) is 4.79. The molecule has 3 rings (SSSR count). The van der Waals surface area contributed by atoms with Crippen molar-refractivity contribution in [3.05, 3.63) is 11.1 Å². The normalized spacial score (nSPS) is 26.6. The van der Waals surface area contributed by atoms with Crippen molar-refractivity contribution in [2.75, 3.05) is 31.5 Å². The number of hydrogen-bond donors (Lipinski definition) is 2. The summed E-state index contributed by atoms with van der Waals surface area (Å²) in [4.78, 5) is 19.3. The number of thiazole rings is 1. The van der Waals surface area contributed by atoms with E-state index >= 15 is 0 Å². The summed E-state index contributed by atoms with van der Waals surface area (Å²) in [5.74, 6) is 1.09. The Kier molecular flexibility index (Phi) is 11.2. The van der Waals surface area contributed by atoms with Gasteiger partial charge in [0.1, 0.15) is 0 Å². The molecule has 0 aliphatic carbocycles. The van der Waals surface area contributed by atoms with Crippen LogP contribution in [-0.2, 0) is 16.1 Å². The highest BCUT2D eigenvalue weighted by Crippen LogP contribution is 2.24. The molecule has 9 heteroatoms. The molecule has 0 spiro atoms. The molecular weight excluding hydrogens is 419 g/mol. The minimum absolute atomic E-state index is 0. The number of rotatable bonds is 6. The average Bonchev–Trinajstić information content (AvgIpc) is 3.01. The molecule has 0 saturated carbocycles. The van der Waals surface area contributed by atoms with Crippen LogP contribution in [0.25, 0.3) is 0 Å². The largest absolute Gasteiger partial charge is 0.373 e. The number of carbonyl (C=O) groups excluding carboxylic acids is 1. The molecule has 3 heterocycles. The van der Waals surface area contributed by atoms with E-state index < -0.39 is 0 Å². The summed E-state index contributed by atoms with van der Waals surface area (Å²) >= 11 is 1.52. The van der Waals surface area contributed by atoms with Gasteiger partial charge in [0.25, 0.3) is 0 Å². The summed E-state index contributed by atoms with van der Waals surface area (Å²) in [6.07, 6.45) is 3.52. The maximum absolute atomic E-state index is 12.4. The van der Waals surface area contributed by atoms with Gasteiger partial charge in [-0.25, -0.2) is 4.98 Å². The van der Waals surface area contributed by atoms with Gasteiger partial charge in [0.2, 0.25) is 5.91 Å². The molecular formula is C19H34Cl2N4O2S. The Bertz CT molecular complexity index is 588. The summed E-state index contributed by atoms with van der Waals surface area (Å²) in [5.41, 5.74) is 1.02. The lowest BCUT2D eigenvalue weighted by atomic mass is 9.85. The molecule has 28 heavy (non-hydrogen) atoms. The van der Waals surface area contributed by atoms with Gasteiger partial charge in [0.15, 0.2) is 5.13 Å². The molecule has 0 aromatic carbocycles. The van der Waals surface area contributed by atoms with Crippen molar-refractivity contribution in [2.24, 2.45) is 11.8 Å². The van der Waals surface area contributed by atoms with E-state index in [1.54, 1.807) is 0 Å². The molecule has 6 nitrogen and oxygen atoms in total. The summed E-state index contributed by atoms with van der Waals surface area (Å²) in [5, 5.41) is 9.19. The van der Waals surface area contributed by atoms with Gasteiger partial charge in [0.05, 0.1) is 17.9 Å². The maximum Gasteiger partial charge on any atom is 0.226 e.